The first kappa shape index (κ1) is 15.8. The summed E-state index contributed by atoms with van der Waals surface area (Å²) < 4.78 is 1.79. The van der Waals surface area contributed by atoms with Gasteiger partial charge in [0.2, 0.25) is 5.82 Å². The third-order valence-corrected chi connectivity index (χ3v) is 4.40. The van der Waals surface area contributed by atoms with Crippen LogP contribution in [0.4, 0.5) is 11.5 Å². The Hall–Kier alpha value is -1.63. The standard InChI is InChI=1S/C14H25N5O2/c1-4-6-18-14(13(19(20)21)11(3)16-18)17-7-5-10(2)12(8-15)9-17/h10,12H,4-9,15H2,1-3H3. The Labute approximate surface area is 125 Å². The van der Waals surface area contributed by atoms with Gasteiger partial charge < -0.3 is 10.6 Å². The zero-order valence-electron chi connectivity index (χ0n) is 13.1. The van der Waals surface area contributed by atoms with E-state index in [2.05, 4.69) is 16.9 Å². The van der Waals surface area contributed by atoms with Crippen LogP contribution in [-0.2, 0) is 6.54 Å². The monoisotopic (exact) mass is 295 g/mol. The normalized spacial score (nSPS) is 22.6. The summed E-state index contributed by atoms with van der Waals surface area (Å²) in [6.07, 6.45) is 1.91. The third-order valence-electron chi connectivity index (χ3n) is 4.40. The number of nitrogens with zero attached hydrogens (tertiary/aromatic N) is 4. The minimum Gasteiger partial charge on any atom is -0.351 e. The van der Waals surface area contributed by atoms with Crippen LogP contribution in [-0.4, -0.2) is 34.3 Å². The molecule has 0 spiro atoms. The van der Waals surface area contributed by atoms with E-state index in [0.29, 0.717) is 36.4 Å². The molecule has 2 N–H and O–H groups in total. The molecular formula is C14H25N5O2. The zero-order chi connectivity index (χ0) is 15.6. The molecule has 1 aromatic rings. The van der Waals surface area contributed by atoms with Crippen LogP contribution in [0.15, 0.2) is 0 Å². The van der Waals surface area contributed by atoms with E-state index in [-0.39, 0.29) is 10.6 Å². The van der Waals surface area contributed by atoms with E-state index >= 15 is 0 Å². The van der Waals surface area contributed by atoms with Gasteiger partial charge in [-0.3, -0.25) is 10.1 Å². The molecule has 1 saturated heterocycles. The maximum absolute atomic E-state index is 11.4. The van der Waals surface area contributed by atoms with Gasteiger partial charge in [0.1, 0.15) is 5.69 Å². The molecule has 2 heterocycles. The average Bonchev–Trinajstić information content (AvgIpc) is 2.76. The quantitative estimate of drug-likeness (QED) is 0.662. The van der Waals surface area contributed by atoms with Gasteiger partial charge in [-0.1, -0.05) is 13.8 Å². The van der Waals surface area contributed by atoms with Crippen molar-refractivity contribution in [3.63, 3.8) is 0 Å². The van der Waals surface area contributed by atoms with E-state index < -0.39 is 0 Å². The summed E-state index contributed by atoms with van der Waals surface area (Å²) in [5.74, 6) is 1.60. The van der Waals surface area contributed by atoms with E-state index in [9.17, 15) is 10.1 Å². The predicted molar refractivity (Wildman–Crippen MR) is 82.4 cm³/mol. The van der Waals surface area contributed by atoms with Gasteiger partial charge in [0.05, 0.1) is 4.92 Å². The molecule has 1 aliphatic heterocycles. The van der Waals surface area contributed by atoms with E-state index in [4.69, 9.17) is 5.73 Å². The van der Waals surface area contributed by atoms with Crippen LogP contribution in [0, 0.1) is 28.9 Å². The summed E-state index contributed by atoms with van der Waals surface area (Å²) in [7, 11) is 0. The fraction of sp³-hybridized carbons (Fsp3) is 0.786. The highest BCUT2D eigenvalue weighted by molar-refractivity contribution is 5.61. The Morgan fingerprint density at radius 2 is 2.24 bits per heavy atom. The number of hydrogen-bond donors (Lipinski definition) is 1. The minimum absolute atomic E-state index is 0.147. The molecule has 2 rings (SSSR count). The molecule has 2 atom stereocenters. The number of aromatic nitrogens is 2. The fourth-order valence-corrected chi connectivity index (χ4v) is 3.10. The molecule has 0 bridgehead atoms. The first-order chi connectivity index (χ1) is 9.99. The van der Waals surface area contributed by atoms with E-state index in [1.54, 1.807) is 11.6 Å². The third kappa shape index (κ3) is 3.02. The Bertz CT molecular complexity index is 514. The molecule has 1 aromatic heterocycles. The minimum atomic E-state index is -0.306. The lowest BCUT2D eigenvalue weighted by molar-refractivity contribution is -0.384. The highest BCUT2D eigenvalue weighted by Crippen LogP contribution is 2.35. The van der Waals surface area contributed by atoms with Gasteiger partial charge in [0, 0.05) is 19.6 Å². The van der Waals surface area contributed by atoms with Crippen molar-refractivity contribution in [1.29, 1.82) is 0 Å². The van der Waals surface area contributed by atoms with Crippen molar-refractivity contribution < 1.29 is 4.92 Å². The van der Waals surface area contributed by atoms with Crippen LogP contribution in [0.1, 0.15) is 32.4 Å². The molecule has 118 valence electrons. The summed E-state index contributed by atoms with van der Waals surface area (Å²) in [5, 5.41) is 15.8. The molecule has 1 fully saturated rings. The van der Waals surface area contributed by atoms with Crippen molar-refractivity contribution in [2.75, 3.05) is 24.5 Å². The molecule has 1 aliphatic rings. The zero-order valence-corrected chi connectivity index (χ0v) is 13.1. The van der Waals surface area contributed by atoms with Crippen LogP contribution >= 0.6 is 0 Å². The number of rotatable bonds is 5. The molecule has 0 radical (unpaired) electrons. The van der Waals surface area contributed by atoms with Crippen LogP contribution in [0.5, 0.6) is 0 Å². The summed E-state index contributed by atoms with van der Waals surface area (Å²) in [6.45, 7) is 8.88. The van der Waals surface area contributed by atoms with Crippen LogP contribution < -0.4 is 10.6 Å². The van der Waals surface area contributed by atoms with Gasteiger partial charge in [-0.15, -0.1) is 0 Å². The molecule has 21 heavy (non-hydrogen) atoms. The molecular weight excluding hydrogens is 270 g/mol. The lowest BCUT2D eigenvalue weighted by Gasteiger charge is -2.37. The SMILES string of the molecule is CCCn1nc(C)c([N+](=O)[O-])c1N1CCC(C)C(CN)C1. The Morgan fingerprint density at radius 1 is 1.52 bits per heavy atom. The van der Waals surface area contributed by atoms with Gasteiger partial charge in [0.15, 0.2) is 0 Å². The lowest BCUT2D eigenvalue weighted by atomic mass is 9.87. The molecule has 7 heteroatoms. The van der Waals surface area contributed by atoms with Crippen LogP contribution in [0.2, 0.25) is 0 Å². The maximum Gasteiger partial charge on any atom is 0.333 e. The number of nitro groups is 1. The molecule has 0 aliphatic carbocycles. The smallest absolute Gasteiger partial charge is 0.333 e. The molecule has 7 nitrogen and oxygen atoms in total. The molecule has 0 aromatic carbocycles. The van der Waals surface area contributed by atoms with Crippen LogP contribution in [0.25, 0.3) is 0 Å². The number of hydrogen-bond acceptors (Lipinski definition) is 5. The van der Waals surface area contributed by atoms with Gasteiger partial charge in [0.25, 0.3) is 0 Å². The predicted octanol–water partition coefficient (Wildman–Crippen LogP) is 1.93. The fourth-order valence-electron chi connectivity index (χ4n) is 3.10. The summed E-state index contributed by atoms with van der Waals surface area (Å²) in [5.41, 5.74) is 6.49. The van der Waals surface area contributed by atoms with Gasteiger partial charge >= 0.3 is 5.69 Å². The second kappa shape index (κ2) is 6.43. The topological polar surface area (TPSA) is 90.2 Å². The second-order valence-corrected chi connectivity index (χ2v) is 5.95. The van der Waals surface area contributed by atoms with E-state index in [1.165, 1.54) is 0 Å². The molecule has 0 saturated carbocycles. The largest absolute Gasteiger partial charge is 0.351 e. The second-order valence-electron chi connectivity index (χ2n) is 5.95. The van der Waals surface area contributed by atoms with E-state index in [1.807, 2.05) is 6.92 Å². The van der Waals surface area contributed by atoms with Crippen LogP contribution in [0.3, 0.4) is 0 Å². The van der Waals surface area contributed by atoms with Gasteiger partial charge in [-0.25, -0.2) is 4.68 Å². The van der Waals surface area contributed by atoms with E-state index in [0.717, 1.165) is 25.9 Å². The summed E-state index contributed by atoms with van der Waals surface area (Å²) in [6, 6.07) is 0. The van der Waals surface area contributed by atoms with Crippen molar-refractivity contribution in [3.8, 4) is 0 Å². The average molecular weight is 295 g/mol. The first-order valence-electron chi connectivity index (χ1n) is 7.66. The van der Waals surface area contributed by atoms with Crippen molar-refractivity contribution in [2.24, 2.45) is 17.6 Å². The highest BCUT2D eigenvalue weighted by atomic mass is 16.6. The number of anilines is 1. The summed E-state index contributed by atoms with van der Waals surface area (Å²) in [4.78, 5) is 13.2. The van der Waals surface area contributed by atoms with Crippen molar-refractivity contribution in [2.45, 2.75) is 40.2 Å². The van der Waals surface area contributed by atoms with Gasteiger partial charge in [-0.05, 0) is 38.1 Å². The number of nitrogens with two attached hydrogens (primary N) is 1. The Kier molecular flexibility index (Phi) is 4.82. The van der Waals surface area contributed by atoms with Gasteiger partial charge in [-0.2, -0.15) is 5.10 Å². The molecule has 0 amide bonds. The summed E-state index contributed by atoms with van der Waals surface area (Å²) >= 11 is 0. The lowest BCUT2D eigenvalue weighted by Crippen LogP contribution is -2.43. The highest BCUT2D eigenvalue weighted by Gasteiger charge is 2.33. The molecule has 2 unspecified atom stereocenters. The van der Waals surface area contributed by atoms with Crippen molar-refractivity contribution >= 4 is 11.5 Å². The maximum atomic E-state index is 11.4. The van der Waals surface area contributed by atoms with Crippen molar-refractivity contribution in [3.05, 3.63) is 15.8 Å². The van der Waals surface area contributed by atoms with Crippen molar-refractivity contribution in [1.82, 2.24) is 9.78 Å². The Morgan fingerprint density at radius 3 is 2.81 bits per heavy atom. The number of piperidine rings is 1. The Balaban J connectivity index is 2.39. The first-order valence-corrected chi connectivity index (χ1v) is 7.66. The number of aryl methyl sites for hydroxylation is 2.